The van der Waals surface area contributed by atoms with Crippen molar-refractivity contribution >= 4 is 55.4 Å². The molecule has 0 N–H and O–H groups in total. The van der Waals surface area contributed by atoms with Crippen LogP contribution in [-0.4, -0.2) is 25.7 Å². The van der Waals surface area contributed by atoms with E-state index < -0.39 is 48.6 Å². The van der Waals surface area contributed by atoms with Crippen LogP contribution in [0.2, 0.25) is 5.02 Å². The number of hydrogen-bond acceptors (Lipinski definition) is 6. The lowest BCUT2D eigenvalue weighted by Gasteiger charge is -2.41. The summed E-state index contributed by atoms with van der Waals surface area (Å²) < 4.78 is 64.0. The van der Waals surface area contributed by atoms with Crippen molar-refractivity contribution in [3.8, 4) is 0 Å². The Morgan fingerprint density at radius 2 is 1.37 bits per heavy atom. The second kappa shape index (κ2) is 13.9. The van der Waals surface area contributed by atoms with E-state index in [1.54, 1.807) is 66.7 Å². The van der Waals surface area contributed by atoms with E-state index in [1.807, 2.05) is 19.9 Å². The molecule has 2 unspecified atom stereocenters. The standard InChI is InChI=1S/C41H35ClF2O5S3/c1-40(2)29-22-23-41(40,38(45)25-29)26-51(47,48)49-52(33-15-9-30(43)10-16-33,34-17-11-31(44)12-18-34)35-19-13-32(14-20-35)50-37-21-8-28(24-36(37)42)39(46)27-6-4-3-5-7-27/h3-21,24,29H,22-23,25-26H2,1-2H3. The molecule has 0 aromatic heterocycles. The van der Waals surface area contributed by atoms with Gasteiger partial charge in [0.15, 0.2) is 5.78 Å². The van der Waals surface area contributed by atoms with Gasteiger partial charge in [0.25, 0.3) is 10.1 Å². The summed E-state index contributed by atoms with van der Waals surface area (Å²) in [6.45, 7) is 3.92. The molecule has 2 bridgehead atoms. The van der Waals surface area contributed by atoms with Crippen LogP contribution in [0.5, 0.6) is 0 Å². The van der Waals surface area contributed by atoms with Crippen LogP contribution in [0.15, 0.2) is 146 Å². The summed E-state index contributed by atoms with van der Waals surface area (Å²) in [5.41, 5.74) is -0.611. The minimum Gasteiger partial charge on any atom is -0.299 e. The molecular weight excluding hydrogens is 742 g/mol. The molecular formula is C41H35ClF2O5S3. The van der Waals surface area contributed by atoms with Gasteiger partial charge in [-0.2, -0.15) is 8.42 Å². The molecule has 0 spiro atoms. The lowest BCUT2D eigenvalue weighted by molar-refractivity contribution is -0.128. The minimum atomic E-state index is -4.45. The van der Waals surface area contributed by atoms with Gasteiger partial charge in [-0.3, -0.25) is 9.59 Å². The van der Waals surface area contributed by atoms with Crippen molar-refractivity contribution in [2.45, 2.75) is 57.6 Å². The van der Waals surface area contributed by atoms with Crippen molar-refractivity contribution in [1.29, 1.82) is 0 Å². The number of rotatable bonds is 11. The van der Waals surface area contributed by atoms with Gasteiger partial charge >= 0.3 is 0 Å². The summed E-state index contributed by atoms with van der Waals surface area (Å²) in [5, 5.41) is 0.390. The SMILES string of the molecule is CC1(C)C2CCC1(CS(=O)(=O)OS(c1ccc(F)cc1)(c1ccc(F)cc1)c1ccc(Sc3ccc(C(=O)c4ccccc4)cc3Cl)cc1)C(=O)C2. The summed E-state index contributed by atoms with van der Waals surface area (Å²) in [5.74, 6) is -1.65. The summed E-state index contributed by atoms with van der Waals surface area (Å²) in [6.07, 6.45) is 1.56. The van der Waals surface area contributed by atoms with Crippen LogP contribution >= 0.6 is 33.7 Å². The highest BCUT2D eigenvalue weighted by Gasteiger charge is 2.65. The van der Waals surface area contributed by atoms with Crippen LogP contribution in [-0.2, 0) is 18.5 Å². The molecule has 5 nitrogen and oxygen atoms in total. The Morgan fingerprint density at radius 1 is 0.808 bits per heavy atom. The van der Waals surface area contributed by atoms with E-state index in [9.17, 15) is 26.8 Å². The number of ketones is 2. The van der Waals surface area contributed by atoms with Crippen LogP contribution < -0.4 is 0 Å². The van der Waals surface area contributed by atoms with E-state index in [-0.39, 0.29) is 17.5 Å². The van der Waals surface area contributed by atoms with Crippen molar-refractivity contribution in [2.75, 3.05) is 5.75 Å². The van der Waals surface area contributed by atoms with Gasteiger partial charge in [0.2, 0.25) is 0 Å². The zero-order valence-corrected chi connectivity index (χ0v) is 31.6. The van der Waals surface area contributed by atoms with Crippen molar-refractivity contribution in [2.24, 2.45) is 16.7 Å². The Hall–Kier alpha value is -3.80. The number of carbonyl (C=O) groups excluding carboxylic acids is 2. The molecule has 0 heterocycles. The molecule has 2 atom stereocenters. The molecule has 5 aromatic carbocycles. The van der Waals surface area contributed by atoms with Crippen molar-refractivity contribution in [3.63, 3.8) is 0 Å². The van der Waals surface area contributed by atoms with E-state index in [1.165, 1.54) is 60.3 Å². The average molecular weight is 777 g/mol. The number of Topliss-reactive ketones (excluding diaryl/α,β-unsaturated/α-hetero) is 1. The topological polar surface area (TPSA) is 77.5 Å². The first-order valence-electron chi connectivity index (χ1n) is 16.7. The molecule has 5 aromatic rings. The van der Waals surface area contributed by atoms with Crippen molar-refractivity contribution < 1.29 is 30.4 Å². The van der Waals surface area contributed by atoms with Gasteiger partial charge in [-0.1, -0.05) is 67.5 Å². The maximum absolute atomic E-state index is 14.4. The smallest absolute Gasteiger partial charge is 0.278 e. The molecule has 0 saturated heterocycles. The van der Waals surface area contributed by atoms with E-state index in [0.29, 0.717) is 48.6 Å². The van der Waals surface area contributed by atoms with E-state index in [2.05, 4.69) is 0 Å². The minimum absolute atomic E-state index is 0.0670. The first kappa shape index (κ1) is 36.6. The molecule has 2 fully saturated rings. The molecule has 11 heteroatoms. The van der Waals surface area contributed by atoms with Crippen LogP contribution in [0.3, 0.4) is 0 Å². The number of hydrogen-bond donors (Lipinski definition) is 0. The lowest BCUT2D eigenvalue weighted by Crippen LogP contribution is -2.42. The van der Waals surface area contributed by atoms with Gasteiger partial charge in [-0.25, -0.2) is 12.4 Å². The zero-order chi connectivity index (χ0) is 36.9. The fraction of sp³-hybridized carbons (Fsp3) is 0.220. The number of halogens is 3. The van der Waals surface area contributed by atoms with E-state index in [4.69, 9.17) is 15.2 Å². The Morgan fingerprint density at radius 3 is 1.87 bits per heavy atom. The number of fused-ring (bicyclic) bond motifs is 2. The maximum atomic E-state index is 14.4. The number of benzene rings is 5. The van der Waals surface area contributed by atoms with Gasteiger partial charge in [0.1, 0.15) is 17.4 Å². The van der Waals surface area contributed by atoms with Crippen LogP contribution in [0.4, 0.5) is 8.78 Å². The highest BCUT2D eigenvalue weighted by molar-refractivity contribution is 8.33. The molecule has 0 amide bonds. The summed E-state index contributed by atoms with van der Waals surface area (Å²) >= 11 is 8.02. The molecule has 0 radical (unpaired) electrons. The molecule has 268 valence electrons. The van der Waals surface area contributed by atoms with Crippen molar-refractivity contribution in [3.05, 3.63) is 149 Å². The quantitative estimate of drug-likeness (QED) is 0.124. The van der Waals surface area contributed by atoms with Crippen LogP contribution in [0, 0.1) is 28.4 Å². The normalized spacial score (nSPS) is 19.9. The van der Waals surface area contributed by atoms with E-state index in [0.717, 1.165) is 11.3 Å². The lowest BCUT2D eigenvalue weighted by atomic mass is 9.70. The largest absolute Gasteiger partial charge is 0.299 e. The molecule has 2 aliphatic rings. The number of carbonyl (C=O) groups is 2. The monoisotopic (exact) mass is 776 g/mol. The molecule has 2 aliphatic carbocycles. The molecule has 0 aliphatic heterocycles. The Kier molecular flexibility index (Phi) is 9.76. The fourth-order valence-corrected chi connectivity index (χ4v) is 14.8. The Labute approximate surface area is 313 Å². The third-order valence-electron chi connectivity index (χ3n) is 10.7. The Bertz CT molecular complexity index is 2220. The van der Waals surface area contributed by atoms with Crippen molar-refractivity contribution in [1.82, 2.24) is 0 Å². The van der Waals surface area contributed by atoms with E-state index >= 15 is 0 Å². The van der Waals surface area contributed by atoms with Gasteiger partial charge < -0.3 is 0 Å². The summed E-state index contributed by atoms with van der Waals surface area (Å²) in [4.78, 5) is 29.1. The zero-order valence-electron chi connectivity index (χ0n) is 28.4. The predicted octanol–water partition coefficient (Wildman–Crippen LogP) is 10.9. The first-order valence-corrected chi connectivity index (χ1v) is 21.1. The molecule has 7 rings (SSSR count). The second-order valence-electron chi connectivity index (χ2n) is 13.8. The first-order chi connectivity index (χ1) is 24.7. The summed E-state index contributed by atoms with van der Waals surface area (Å²) in [6, 6.07) is 32.0. The third kappa shape index (κ3) is 6.53. The Balaban J connectivity index is 1.27. The van der Waals surface area contributed by atoms with Gasteiger partial charge in [-0.15, -0.1) is 0 Å². The molecule has 52 heavy (non-hydrogen) atoms. The fourth-order valence-electron chi connectivity index (χ4n) is 7.68. The van der Waals surface area contributed by atoms with Crippen LogP contribution in [0.25, 0.3) is 0 Å². The average Bonchev–Trinajstić information content (AvgIpc) is 3.47. The highest BCUT2D eigenvalue weighted by Crippen LogP contribution is 2.71. The van der Waals surface area contributed by atoms with Gasteiger partial charge in [-0.05, 0) is 125 Å². The highest BCUT2D eigenvalue weighted by atomic mass is 35.5. The second-order valence-corrected chi connectivity index (χ2v) is 19.8. The van der Waals surface area contributed by atoms with Gasteiger partial charge in [0.05, 0.1) is 16.2 Å². The maximum Gasteiger partial charge on any atom is 0.278 e. The van der Waals surface area contributed by atoms with Gasteiger partial charge in [0, 0.05) is 42.0 Å². The van der Waals surface area contributed by atoms with Crippen LogP contribution in [0.1, 0.15) is 49.0 Å². The third-order valence-corrected chi connectivity index (χ3v) is 17.5. The molecule has 2 saturated carbocycles. The summed E-state index contributed by atoms with van der Waals surface area (Å²) in [7, 11) is -7.64. The predicted molar refractivity (Wildman–Crippen MR) is 201 cm³/mol.